The van der Waals surface area contributed by atoms with Crippen LogP contribution in [0.1, 0.15) is 6.92 Å². The number of carbonyl (C=O) groups is 1. The maximum Gasteiger partial charge on any atom is 0.316 e. The van der Waals surface area contributed by atoms with Gasteiger partial charge in [0.15, 0.2) is 5.82 Å². The molecule has 8 heteroatoms. The first kappa shape index (κ1) is 14.8. The van der Waals surface area contributed by atoms with Crippen molar-refractivity contribution in [2.45, 2.75) is 6.92 Å². The fourth-order valence-electron chi connectivity index (χ4n) is 1.28. The number of anilines is 2. The van der Waals surface area contributed by atoms with E-state index in [0.717, 1.165) is 0 Å². The molecule has 0 aliphatic carbocycles. The molecule has 0 radical (unpaired) electrons. The van der Waals surface area contributed by atoms with Gasteiger partial charge in [-0.15, -0.1) is 0 Å². The molecule has 19 heavy (non-hydrogen) atoms. The van der Waals surface area contributed by atoms with Gasteiger partial charge in [-0.2, -0.15) is 4.98 Å². The summed E-state index contributed by atoms with van der Waals surface area (Å²) in [6.45, 7) is 3.31. The van der Waals surface area contributed by atoms with Gasteiger partial charge in [0.25, 0.3) is 0 Å². The number of rotatable bonds is 6. The van der Waals surface area contributed by atoms with Gasteiger partial charge in [0.1, 0.15) is 12.0 Å². The molecule has 0 bridgehead atoms. The van der Waals surface area contributed by atoms with Crippen LogP contribution in [0, 0.1) is 0 Å². The molecule has 0 aromatic carbocycles. The lowest BCUT2D eigenvalue weighted by molar-refractivity contribution is 0.218. The zero-order valence-electron chi connectivity index (χ0n) is 11.4. The molecular weight excluding hydrogens is 248 g/mol. The van der Waals surface area contributed by atoms with E-state index < -0.39 is 0 Å². The molecule has 0 spiro atoms. The number of nitrogens with zero attached hydrogens (tertiary/aromatic N) is 3. The average molecular weight is 268 g/mol. The van der Waals surface area contributed by atoms with Gasteiger partial charge < -0.3 is 26.0 Å². The van der Waals surface area contributed by atoms with E-state index in [1.54, 1.807) is 14.1 Å². The minimum absolute atomic E-state index is 0.146. The number of nitrogens with two attached hydrogens (primary N) is 1. The zero-order valence-corrected chi connectivity index (χ0v) is 11.4. The van der Waals surface area contributed by atoms with Gasteiger partial charge in [-0.1, -0.05) is 0 Å². The number of nitrogen functional groups attached to an aromatic ring is 1. The normalized spacial score (nSPS) is 9.84. The highest BCUT2D eigenvalue weighted by Crippen LogP contribution is 2.23. The predicted molar refractivity (Wildman–Crippen MR) is 73.2 cm³/mol. The summed E-state index contributed by atoms with van der Waals surface area (Å²) in [6, 6.07) is -0.146. The highest BCUT2D eigenvalue weighted by Gasteiger charge is 2.08. The smallest absolute Gasteiger partial charge is 0.316 e. The molecule has 0 unspecified atom stereocenters. The highest BCUT2D eigenvalue weighted by atomic mass is 16.5. The molecule has 1 rings (SSSR count). The van der Waals surface area contributed by atoms with Gasteiger partial charge in [-0.05, 0) is 6.92 Å². The van der Waals surface area contributed by atoms with Gasteiger partial charge in [-0.3, -0.25) is 0 Å². The number of ether oxygens (including phenoxy) is 1. The van der Waals surface area contributed by atoms with Crippen molar-refractivity contribution in [2.75, 3.05) is 44.8 Å². The first-order chi connectivity index (χ1) is 9.06. The van der Waals surface area contributed by atoms with Gasteiger partial charge in [0.05, 0.1) is 6.61 Å². The van der Waals surface area contributed by atoms with Crippen LogP contribution in [-0.2, 0) is 0 Å². The fourth-order valence-corrected chi connectivity index (χ4v) is 1.28. The number of carbonyl (C=O) groups excluding carboxylic acids is 1. The Balaban J connectivity index is 2.45. The number of aromatic nitrogens is 2. The van der Waals surface area contributed by atoms with E-state index in [9.17, 15) is 4.79 Å². The molecule has 106 valence electrons. The van der Waals surface area contributed by atoms with Crippen molar-refractivity contribution in [2.24, 2.45) is 0 Å². The molecule has 0 aliphatic heterocycles. The lowest BCUT2D eigenvalue weighted by Gasteiger charge is -2.13. The Labute approximate surface area is 112 Å². The molecule has 4 N–H and O–H groups in total. The van der Waals surface area contributed by atoms with Crippen molar-refractivity contribution in [3.05, 3.63) is 6.33 Å². The Hall–Kier alpha value is -2.25. The van der Waals surface area contributed by atoms with Crippen LogP contribution < -0.4 is 21.1 Å². The predicted octanol–water partition coefficient (Wildman–Crippen LogP) is 0.141. The number of hydrogen-bond donors (Lipinski definition) is 3. The van der Waals surface area contributed by atoms with E-state index >= 15 is 0 Å². The molecule has 0 aliphatic rings. The molecule has 1 heterocycles. The van der Waals surface area contributed by atoms with Crippen LogP contribution in [0.25, 0.3) is 0 Å². The second-order valence-electron chi connectivity index (χ2n) is 3.93. The Morgan fingerprint density at radius 1 is 1.42 bits per heavy atom. The van der Waals surface area contributed by atoms with Crippen LogP contribution in [0.2, 0.25) is 0 Å². The zero-order chi connectivity index (χ0) is 14.3. The Morgan fingerprint density at radius 3 is 2.79 bits per heavy atom. The summed E-state index contributed by atoms with van der Waals surface area (Å²) >= 11 is 0. The Morgan fingerprint density at radius 2 is 2.16 bits per heavy atom. The van der Waals surface area contributed by atoms with Crippen LogP contribution in [0.5, 0.6) is 5.88 Å². The minimum atomic E-state index is -0.146. The summed E-state index contributed by atoms with van der Waals surface area (Å²) < 4.78 is 5.26. The molecule has 0 fully saturated rings. The molecule has 1 aromatic heterocycles. The molecule has 0 saturated carbocycles. The highest BCUT2D eigenvalue weighted by molar-refractivity contribution is 5.73. The van der Waals surface area contributed by atoms with Crippen molar-refractivity contribution in [1.29, 1.82) is 0 Å². The quantitative estimate of drug-likeness (QED) is 0.634. The SMILES string of the molecule is CCOc1ncnc(NCCNC(=O)N(C)C)c1N. The van der Waals surface area contributed by atoms with E-state index in [2.05, 4.69) is 20.6 Å². The lowest BCUT2D eigenvalue weighted by atomic mass is 10.4. The third-order valence-electron chi connectivity index (χ3n) is 2.23. The number of amides is 2. The van der Waals surface area contributed by atoms with Crippen molar-refractivity contribution in [3.63, 3.8) is 0 Å². The first-order valence-corrected chi connectivity index (χ1v) is 5.98. The molecule has 8 nitrogen and oxygen atoms in total. The van der Waals surface area contributed by atoms with E-state index in [1.807, 2.05) is 6.92 Å². The van der Waals surface area contributed by atoms with E-state index in [0.29, 0.717) is 37.1 Å². The monoisotopic (exact) mass is 268 g/mol. The standard InChI is InChI=1S/C11H20N6O2/c1-4-19-10-8(12)9(15-7-16-10)13-5-6-14-11(18)17(2)3/h7H,4-6,12H2,1-3H3,(H,14,18)(H,13,15,16). The summed E-state index contributed by atoms with van der Waals surface area (Å²) in [5.74, 6) is 0.856. The fraction of sp³-hybridized carbons (Fsp3) is 0.545. The van der Waals surface area contributed by atoms with Crippen molar-refractivity contribution < 1.29 is 9.53 Å². The topological polar surface area (TPSA) is 105 Å². The van der Waals surface area contributed by atoms with E-state index in [-0.39, 0.29) is 6.03 Å². The van der Waals surface area contributed by atoms with Crippen LogP contribution in [-0.4, -0.2) is 54.7 Å². The van der Waals surface area contributed by atoms with E-state index in [4.69, 9.17) is 10.5 Å². The molecule has 1 aromatic rings. The van der Waals surface area contributed by atoms with Gasteiger partial charge in [-0.25, -0.2) is 9.78 Å². The second-order valence-corrected chi connectivity index (χ2v) is 3.93. The van der Waals surface area contributed by atoms with Crippen molar-refractivity contribution >= 4 is 17.5 Å². The van der Waals surface area contributed by atoms with Crippen LogP contribution in [0.4, 0.5) is 16.3 Å². The lowest BCUT2D eigenvalue weighted by Crippen LogP contribution is -2.37. The van der Waals surface area contributed by atoms with Gasteiger partial charge in [0, 0.05) is 27.2 Å². The molecule has 2 amide bonds. The second kappa shape index (κ2) is 7.24. The Kier molecular flexibility index (Phi) is 5.65. The number of urea groups is 1. The van der Waals surface area contributed by atoms with Gasteiger partial charge in [0.2, 0.25) is 5.88 Å². The largest absolute Gasteiger partial charge is 0.476 e. The Bertz CT molecular complexity index is 424. The number of nitrogens with one attached hydrogen (secondary N) is 2. The van der Waals surface area contributed by atoms with Crippen LogP contribution in [0.15, 0.2) is 6.33 Å². The summed E-state index contributed by atoms with van der Waals surface area (Å²) in [5, 5.41) is 5.74. The van der Waals surface area contributed by atoms with E-state index in [1.165, 1.54) is 11.2 Å². The average Bonchev–Trinajstić information content (AvgIpc) is 2.38. The first-order valence-electron chi connectivity index (χ1n) is 5.98. The van der Waals surface area contributed by atoms with Crippen molar-refractivity contribution in [3.8, 4) is 5.88 Å². The maximum absolute atomic E-state index is 11.3. The molecule has 0 saturated heterocycles. The van der Waals surface area contributed by atoms with Crippen LogP contribution in [0.3, 0.4) is 0 Å². The number of hydrogen-bond acceptors (Lipinski definition) is 6. The summed E-state index contributed by atoms with van der Waals surface area (Å²) in [6.07, 6.45) is 1.38. The molecular formula is C11H20N6O2. The van der Waals surface area contributed by atoms with Crippen LogP contribution >= 0.6 is 0 Å². The molecule has 0 atom stereocenters. The minimum Gasteiger partial charge on any atom is -0.476 e. The summed E-state index contributed by atoms with van der Waals surface area (Å²) in [5.41, 5.74) is 6.22. The summed E-state index contributed by atoms with van der Waals surface area (Å²) in [7, 11) is 3.36. The summed E-state index contributed by atoms with van der Waals surface area (Å²) in [4.78, 5) is 20.7. The third-order valence-corrected chi connectivity index (χ3v) is 2.23. The van der Waals surface area contributed by atoms with Gasteiger partial charge >= 0.3 is 6.03 Å². The maximum atomic E-state index is 11.3. The van der Waals surface area contributed by atoms with Crippen molar-refractivity contribution in [1.82, 2.24) is 20.2 Å². The third kappa shape index (κ3) is 4.49.